The summed E-state index contributed by atoms with van der Waals surface area (Å²) in [5, 5.41) is 16.8. The van der Waals surface area contributed by atoms with Crippen molar-refractivity contribution in [2.75, 3.05) is 32.1 Å². The SMILES string of the molecule is CNc1ccc(C(=O)OCC(=O)NCCOc2ccc(Cl)cc2)cc1[N+](=O)[O-]. The van der Waals surface area contributed by atoms with Crippen LogP contribution in [-0.4, -0.2) is 43.6 Å². The molecule has 148 valence electrons. The Kier molecular flexibility index (Phi) is 7.58. The summed E-state index contributed by atoms with van der Waals surface area (Å²) < 4.78 is 10.3. The molecule has 0 spiro atoms. The van der Waals surface area contributed by atoms with Crippen LogP contribution in [0.3, 0.4) is 0 Å². The zero-order chi connectivity index (χ0) is 20.5. The highest BCUT2D eigenvalue weighted by Gasteiger charge is 2.18. The number of esters is 1. The van der Waals surface area contributed by atoms with Crippen molar-refractivity contribution in [1.82, 2.24) is 5.32 Å². The largest absolute Gasteiger partial charge is 0.492 e. The van der Waals surface area contributed by atoms with Gasteiger partial charge in [0.05, 0.1) is 17.0 Å². The van der Waals surface area contributed by atoms with E-state index in [1.165, 1.54) is 19.2 Å². The van der Waals surface area contributed by atoms with Crippen molar-refractivity contribution >= 4 is 34.9 Å². The van der Waals surface area contributed by atoms with Crippen LogP contribution in [0.5, 0.6) is 5.75 Å². The van der Waals surface area contributed by atoms with Gasteiger partial charge in [-0.3, -0.25) is 14.9 Å². The third-order valence-electron chi connectivity index (χ3n) is 3.54. The number of hydrogen-bond donors (Lipinski definition) is 2. The van der Waals surface area contributed by atoms with Crippen LogP contribution < -0.4 is 15.4 Å². The van der Waals surface area contributed by atoms with Crippen LogP contribution >= 0.6 is 11.6 Å². The van der Waals surface area contributed by atoms with Crippen LogP contribution in [0.1, 0.15) is 10.4 Å². The quantitative estimate of drug-likeness (QED) is 0.284. The fourth-order valence-electron chi connectivity index (χ4n) is 2.18. The molecule has 0 aliphatic heterocycles. The number of carbonyl (C=O) groups excluding carboxylic acids is 2. The van der Waals surface area contributed by atoms with Crippen LogP contribution in [0.15, 0.2) is 42.5 Å². The highest BCUT2D eigenvalue weighted by atomic mass is 35.5. The molecule has 9 nitrogen and oxygen atoms in total. The number of nitro benzene ring substituents is 1. The third-order valence-corrected chi connectivity index (χ3v) is 3.79. The minimum absolute atomic E-state index is 0.0235. The van der Waals surface area contributed by atoms with E-state index in [0.717, 1.165) is 6.07 Å². The highest BCUT2D eigenvalue weighted by Crippen LogP contribution is 2.25. The molecule has 0 saturated heterocycles. The first kappa shape index (κ1) is 21.0. The molecule has 0 unspecified atom stereocenters. The van der Waals surface area contributed by atoms with E-state index in [1.807, 2.05) is 0 Å². The summed E-state index contributed by atoms with van der Waals surface area (Å²) in [5.74, 6) is -0.746. The first-order chi connectivity index (χ1) is 13.4. The molecule has 0 aliphatic carbocycles. The molecule has 2 aromatic carbocycles. The summed E-state index contributed by atoms with van der Waals surface area (Å²) >= 11 is 5.77. The highest BCUT2D eigenvalue weighted by molar-refractivity contribution is 6.30. The van der Waals surface area contributed by atoms with Crippen LogP contribution in [0, 0.1) is 10.1 Å². The topological polar surface area (TPSA) is 120 Å². The summed E-state index contributed by atoms with van der Waals surface area (Å²) in [6.07, 6.45) is 0. The number of hydrogen-bond acceptors (Lipinski definition) is 7. The molecule has 0 bridgehead atoms. The van der Waals surface area contributed by atoms with Gasteiger partial charge in [0.25, 0.3) is 11.6 Å². The molecular weight excluding hydrogens is 390 g/mol. The Morgan fingerprint density at radius 2 is 1.89 bits per heavy atom. The van der Waals surface area contributed by atoms with Gasteiger partial charge in [-0.15, -0.1) is 0 Å². The molecule has 2 N–H and O–H groups in total. The van der Waals surface area contributed by atoms with Gasteiger partial charge in [0.1, 0.15) is 18.0 Å². The number of anilines is 1. The monoisotopic (exact) mass is 407 g/mol. The van der Waals surface area contributed by atoms with Crippen molar-refractivity contribution in [2.45, 2.75) is 0 Å². The van der Waals surface area contributed by atoms with Gasteiger partial charge in [0.2, 0.25) is 0 Å². The Balaban J connectivity index is 1.76. The number of carbonyl (C=O) groups is 2. The van der Waals surface area contributed by atoms with Crippen molar-refractivity contribution in [3.8, 4) is 5.75 Å². The number of benzene rings is 2. The lowest BCUT2D eigenvalue weighted by molar-refractivity contribution is -0.384. The van der Waals surface area contributed by atoms with Crippen LogP contribution in [0.2, 0.25) is 5.02 Å². The molecule has 0 radical (unpaired) electrons. The second-order valence-corrected chi connectivity index (χ2v) is 5.90. The molecule has 0 aromatic heterocycles. The Labute approximate surface area is 165 Å². The third kappa shape index (κ3) is 6.13. The smallest absolute Gasteiger partial charge is 0.338 e. The van der Waals surface area contributed by atoms with Crippen molar-refractivity contribution in [2.24, 2.45) is 0 Å². The first-order valence-electron chi connectivity index (χ1n) is 8.19. The molecule has 0 aliphatic rings. The number of nitrogens with one attached hydrogen (secondary N) is 2. The zero-order valence-corrected chi connectivity index (χ0v) is 15.7. The lowest BCUT2D eigenvalue weighted by Gasteiger charge is -2.09. The van der Waals surface area contributed by atoms with Crippen LogP contribution in [0.4, 0.5) is 11.4 Å². The van der Waals surface area contributed by atoms with Crippen LogP contribution in [0.25, 0.3) is 0 Å². The molecular formula is C18H18ClN3O6. The predicted molar refractivity (Wildman–Crippen MR) is 103 cm³/mol. The van der Waals surface area contributed by atoms with Crippen LogP contribution in [-0.2, 0) is 9.53 Å². The standard InChI is InChI=1S/C18H18ClN3O6/c1-20-15-7-2-12(10-16(15)22(25)26)18(24)28-11-17(23)21-8-9-27-14-5-3-13(19)4-6-14/h2-7,10,20H,8-9,11H2,1H3,(H,21,23). The van der Waals surface area contributed by atoms with Crippen molar-refractivity contribution in [1.29, 1.82) is 0 Å². The summed E-state index contributed by atoms with van der Waals surface area (Å²) in [4.78, 5) is 34.1. The Bertz CT molecular complexity index is 857. The van der Waals surface area contributed by atoms with E-state index in [1.54, 1.807) is 24.3 Å². The summed E-state index contributed by atoms with van der Waals surface area (Å²) in [5.41, 5.74) is -0.0229. The van der Waals surface area contributed by atoms with Crippen molar-refractivity contribution < 1.29 is 24.0 Å². The van der Waals surface area contributed by atoms with Gasteiger partial charge < -0.3 is 20.1 Å². The zero-order valence-electron chi connectivity index (χ0n) is 14.9. The minimum Gasteiger partial charge on any atom is -0.492 e. The average molecular weight is 408 g/mol. The van der Waals surface area contributed by atoms with Crippen molar-refractivity contribution in [3.63, 3.8) is 0 Å². The maximum absolute atomic E-state index is 12.0. The Morgan fingerprint density at radius 3 is 2.54 bits per heavy atom. The number of halogens is 1. The maximum atomic E-state index is 12.0. The number of nitrogens with zero attached hydrogens (tertiary/aromatic N) is 1. The number of rotatable bonds is 9. The second-order valence-electron chi connectivity index (χ2n) is 5.47. The van der Waals surface area contributed by atoms with E-state index >= 15 is 0 Å². The lowest BCUT2D eigenvalue weighted by atomic mass is 10.1. The van der Waals surface area contributed by atoms with Gasteiger partial charge in [0.15, 0.2) is 6.61 Å². The van der Waals surface area contributed by atoms with E-state index in [2.05, 4.69) is 10.6 Å². The molecule has 2 aromatic rings. The predicted octanol–water partition coefficient (Wildman–Crippen LogP) is 2.64. The number of ether oxygens (including phenoxy) is 2. The second kappa shape index (κ2) is 10.1. The van der Waals surface area contributed by atoms with Gasteiger partial charge in [0, 0.05) is 18.1 Å². The minimum atomic E-state index is -0.835. The number of amides is 1. The maximum Gasteiger partial charge on any atom is 0.338 e. The Morgan fingerprint density at radius 1 is 1.18 bits per heavy atom. The normalized spacial score (nSPS) is 10.1. The van der Waals surface area contributed by atoms with Gasteiger partial charge in [-0.25, -0.2) is 4.79 Å². The van der Waals surface area contributed by atoms with Gasteiger partial charge in [-0.2, -0.15) is 0 Å². The van der Waals surface area contributed by atoms with E-state index < -0.39 is 23.4 Å². The Hall–Kier alpha value is -3.33. The van der Waals surface area contributed by atoms with Crippen molar-refractivity contribution in [3.05, 3.63) is 63.2 Å². The average Bonchev–Trinajstić information content (AvgIpc) is 2.70. The molecule has 0 saturated carbocycles. The lowest BCUT2D eigenvalue weighted by Crippen LogP contribution is -2.32. The van der Waals surface area contributed by atoms with E-state index in [0.29, 0.717) is 10.8 Å². The number of nitro groups is 1. The van der Waals surface area contributed by atoms with E-state index in [9.17, 15) is 19.7 Å². The summed E-state index contributed by atoms with van der Waals surface area (Å²) in [6.45, 7) is -0.0816. The molecule has 0 heterocycles. The molecule has 0 fully saturated rings. The molecule has 28 heavy (non-hydrogen) atoms. The fourth-order valence-corrected chi connectivity index (χ4v) is 2.30. The molecule has 10 heteroatoms. The van der Waals surface area contributed by atoms with Gasteiger partial charge >= 0.3 is 5.97 Å². The molecule has 1 amide bonds. The van der Waals surface area contributed by atoms with Gasteiger partial charge in [-0.1, -0.05) is 11.6 Å². The van der Waals surface area contributed by atoms with E-state index in [4.69, 9.17) is 21.1 Å². The van der Waals surface area contributed by atoms with Gasteiger partial charge in [-0.05, 0) is 36.4 Å². The molecule has 2 rings (SSSR count). The summed E-state index contributed by atoms with van der Waals surface area (Å²) in [6, 6.07) is 10.6. The first-order valence-corrected chi connectivity index (χ1v) is 8.57. The fraction of sp³-hybridized carbons (Fsp3) is 0.222. The van der Waals surface area contributed by atoms with E-state index in [-0.39, 0.29) is 30.1 Å². The molecule has 0 atom stereocenters. The summed E-state index contributed by atoms with van der Waals surface area (Å²) in [7, 11) is 1.53.